The van der Waals surface area contributed by atoms with Gasteiger partial charge in [-0.2, -0.15) is 0 Å². The van der Waals surface area contributed by atoms with Gasteiger partial charge in [0, 0.05) is 4.88 Å². The monoisotopic (exact) mass is 291 g/mol. The van der Waals surface area contributed by atoms with Crippen LogP contribution in [0.1, 0.15) is 27.9 Å². The highest BCUT2D eigenvalue weighted by atomic mass is 32.1. The number of thiazole rings is 1. The van der Waals surface area contributed by atoms with Gasteiger partial charge in [-0.25, -0.2) is 9.78 Å². The van der Waals surface area contributed by atoms with Gasteiger partial charge in [0.2, 0.25) is 0 Å². The third-order valence-electron chi connectivity index (χ3n) is 2.85. The highest BCUT2D eigenvalue weighted by molar-refractivity contribution is 7.09. The molecule has 106 valence electrons. The maximum atomic E-state index is 11.7. The fraction of sp³-hybridized carbons (Fsp3) is 0.286. The second kappa shape index (κ2) is 6.38. The van der Waals surface area contributed by atoms with E-state index in [4.69, 9.17) is 10.5 Å². The smallest absolute Gasteiger partial charge is 0.338 e. The van der Waals surface area contributed by atoms with Crippen LogP contribution in [0.5, 0.6) is 0 Å². The largest absolute Gasteiger partial charge is 0.462 e. The third kappa shape index (κ3) is 3.27. The van der Waals surface area contributed by atoms with E-state index in [1.165, 1.54) is 0 Å². The lowest BCUT2D eigenvalue weighted by Crippen LogP contribution is -2.07. The van der Waals surface area contributed by atoms with Crippen LogP contribution in [-0.2, 0) is 11.3 Å². The van der Waals surface area contributed by atoms with Crippen molar-refractivity contribution >= 4 is 28.7 Å². The molecule has 0 amide bonds. The minimum absolute atomic E-state index is 0.343. The lowest BCUT2D eigenvalue weighted by Gasteiger charge is -2.10. The van der Waals surface area contributed by atoms with Gasteiger partial charge in [-0.3, -0.25) is 0 Å². The van der Waals surface area contributed by atoms with E-state index in [9.17, 15) is 4.79 Å². The number of ether oxygens (including phenoxy) is 1. The number of aryl methyl sites for hydroxylation is 1. The average molecular weight is 291 g/mol. The predicted molar refractivity (Wildman–Crippen MR) is 81.0 cm³/mol. The van der Waals surface area contributed by atoms with E-state index in [-0.39, 0.29) is 5.97 Å². The molecule has 0 aliphatic rings. The van der Waals surface area contributed by atoms with E-state index in [0.717, 1.165) is 16.3 Å². The van der Waals surface area contributed by atoms with Gasteiger partial charge >= 0.3 is 5.97 Å². The Labute approximate surface area is 121 Å². The van der Waals surface area contributed by atoms with Gasteiger partial charge in [-0.05, 0) is 32.0 Å². The molecule has 0 saturated heterocycles. The molecule has 0 atom stereocenters. The van der Waals surface area contributed by atoms with Crippen molar-refractivity contribution in [1.82, 2.24) is 4.98 Å². The van der Waals surface area contributed by atoms with E-state index < -0.39 is 0 Å². The van der Waals surface area contributed by atoms with E-state index >= 15 is 0 Å². The predicted octanol–water partition coefficient (Wildman–Crippen LogP) is 2.82. The van der Waals surface area contributed by atoms with Crippen molar-refractivity contribution < 1.29 is 9.53 Å². The van der Waals surface area contributed by atoms with Crippen molar-refractivity contribution in [3.05, 3.63) is 39.8 Å². The molecule has 0 unspecified atom stereocenters. The summed E-state index contributed by atoms with van der Waals surface area (Å²) in [6, 6.07) is 5.08. The fourth-order valence-corrected chi connectivity index (χ4v) is 2.44. The lowest BCUT2D eigenvalue weighted by atomic mass is 10.1. The summed E-state index contributed by atoms with van der Waals surface area (Å²) in [6.45, 7) is 4.73. The van der Waals surface area contributed by atoms with E-state index in [2.05, 4.69) is 10.3 Å². The van der Waals surface area contributed by atoms with Crippen LogP contribution in [0.2, 0.25) is 0 Å². The van der Waals surface area contributed by atoms with Gasteiger partial charge in [0.25, 0.3) is 0 Å². The van der Waals surface area contributed by atoms with Crippen LogP contribution < -0.4 is 11.1 Å². The van der Waals surface area contributed by atoms with Gasteiger partial charge < -0.3 is 15.8 Å². The maximum Gasteiger partial charge on any atom is 0.338 e. The number of nitrogens with zero attached hydrogens (tertiary/aromatic N) is 1. The number of carbonyl (C=O) groups is 1. The molecular formula is C14H17N3O2S. The first-order valence-electron chi connectivity index (χ1n) is 6.31. The summed E-state index contributed by atoms with van der Waals surface area (Å²) >= 11 is 1.59. The second-order valence-corrected chi connectivity index (χ2v) is 5.18. The van der Waals surface area contributed by atoms with Crippen LogP contribution in [0.3, 0.4) is 0 Å². The number of benzene rings is 1. The Kier molecular flexibility index (Phi) is 4.57. The molecule has 0 aliphatic carbocycles. The number of hydrogen-bond donors (Lipinski definition) is 2. The summed E-state index contributed by atoms with van der Waals surface area (Å²) < 4.78 is 4.98. The molecular weight excluding hydrogens is 274 g/mol. The number of anilines is 2. The molecule has 1 aromatic carbocycles. The molecule has 1 heterocycles. The molecule has 2 rings (SSSR count). The molecule has 6 heteroatoms. The van der Waals surface area contributed by atoms with Crippen molar-refractivity contribution in [2.75, 3.05) is 17.7 Å². The molecule has 5 nitrogen and oxygen atoms in total. The first kappa shape index (κ1) is 14.3. The van der Waals surface area contributed by atoms with Crippen molar-refractivity contribution in [2.45, 2.75) is 20.4 Å². The number of nitrogens with one attached hydrogen (secondary N) is 1. The van der Waals surface area contributed by atoms with E-state index in [0.29, 0.717) is 24.4 Å². The Hall–Kier alpha value is -2.08. The maximum absolute atomic E-state index is 11.7. The van der Waals surface area contributed by atoms with Crippen molar-refractivity contribution in [3.8, 4) is 0 Å². The van der Waals surface area contributed by atoms with Gasteiger partial charge in [-0.15, -0.1) is 11.3 Å². The van der Waals surface area contributed by atoms with Crippen LogP contribution in [0, 0.1) is 6.92 Å². The van der Waals surface area contributed by atoms with Gasteiger partial charge in [0.05, 0.1) is 41.3 Å². The molecule has 20 heavy (non-hydrogen) atoms. The van der Waals surface area contributed by atoms with Gasteiger partial charge in [0.15, 0.2) is 0 Å². The van der Waals surface area contributed by atoms with Crippen LogP contribution in [-0.4, -0.2) is 17.6 Å². The standard InChI is InChI=1S/C14H17N3O2S/c1-3-19-14(18)10-4-5-11(15)12(6-10)16-7-13-9(2)17-8-20-13/h4-6,8,16H,3,7,15H2,1-2H3. The molecule has 2 aromatic rings. The number of nitrogens with two attached hydrogens (primary N) is 1. The highest BCUT2D eigenvalue weighted by Gasteiger charge is 2.10. The average Bonchev–Trinajstić information content (AvgIpc) is 2.83. The number of esters is 1. The topological polar surface area (TPSA) is 77.2 Å². The Morgan fingerprint density at radius 2 is 2.30 bits per heavy atom. The van der Waals surface area contributed by atoms with Crippen molar-refractivity contribution in [2.24, 2.45) is 0 Å². The molecule has 1 aromatic heterocycles. The highest BCUT2D eigenvalue weighted by Crippen LogP contribution is 2.22. The molecule has 0 fully saturated rings. The van der Waals surface area contributed by atoms with Crippen LogP contribution in [0.4, 0.5) is 11.4 Å². The van der Waals surface area contributed by atoms with Crippen LogP contribution >= 0.6 is 11.3 Å². The Morgan fingerprint density at radius 1 is 1.50 bits per heavy atom. The number of aromatic nitrogens is 1. The second-order valence-electron chi connectivity index (χ2n) is 4.24. The molecule has 0 spiro atoms. The van der Waals surface area contributed by atoms with Crippen LogP contribution in [0.15, 0.2) is 23.7 Å². The Bertz CT molecular complexity index is 610. The van der Waals surface area contributed by atoms with Gasteiger partial charge in [-0.1, -0.05) is 0 Å². The Morgan fingerprint density at radius 3 is 2.95 bits per heavy atom. The number of hydrogen-bond acceptors (Lipinski definition) is 6. The Balaban J connectivity index is 2.12. The summed E-state index contributed by atoms with van der Waals surface area (Å²) in [5, 5.41) is 3.23. The zero-order valence-electron chi connectivity index (χ0n) is 11.5. The lowest BCUT2D eigenvalue weighted by molar-refractivity contribution is 0.0526. The normalized spacial score (nSPS) is 10.3. The minimum Gasteiger partial charge on any atom is -0.462 e. The summed E-state index contributed by atoms with van der Waals surface area (Å²) in [4.78, 5) is 17.0. The third-order valence-corrected chi connectivity index (χ3v) is 3.78. The van der Waals surface area contributed by atoms with Crippen molar-refractivity contribution in [1.29, 1.82) is 0 Å². The first-order chi connectivity index (χ1) is 9.61. The zero-order chi connectivity index (χ0) is 14.5. The molecule has 0 aliphatic heterocycles. The first-order valence-corrected chi connectivity index (χ1v) is 7.19. The quantitative estimate of drug-likeness (QED) is 0.654. The minimum atomic E-state index is -0.343. The molecule has 0 radical (unpaired) electrons. The fourth-order valence-electron chi connectivity index (χ4n) is 1.72. The van der Waals surface area contributed by atoms with Crippen LogP contribution in [0.25, 0.3) is 0 Å². The summed E-state index contributed by atoms with van der Waals surface area (Å²) in [7, 11) is 0. The summed E-state index contributed by atoms with van der Waals surface area (Å²) in [6.07, 6.45) is 0. The van der Waals surface area contributed by atoms with Crippen molar-refractivity contribution in [3.63, 3.8) is 0 Å². The summed E-state index contributed by atoms with van der Waals surface area (Å²) in [5.41, 5.74) is 10.5. The van der Waals surface area contributed by atoms with E-state index in [1.54, 1.807) is 36.5 Å². The zero-order valence-corrected chi connectivity index (χ0v) is 12.3. The van der Waals surface area contributed by atoms with E-state index in [1.807, 2.05) is 12.4 Å². The van der Waals surface area contributed by atoms with Gasteiger partial charge in [0.1, 0.15) is 0 Å². The number of rotatable bonds is 5. The summed E-state index contributed by atoms with van der Waals surface area (Å²) in [5.74, 6) is -0.343. The molecule has 0 bridgehead atoms. The number of carbonyl (C=O) groups excluding carboxylic acids is 1. The molecule has 3 N–H and O–H groups in total. The SMILES string of the molecule is CCOC(=O)c1ccc(N)c(NCc2scnc2C)c1. The molecule has 0 saturated carbocycles. The number of nitrogen functional groups attached to an aromatic ring is 1.